The average molecular weight is 757 g/mol. The molecule has 0 radical (unpaired) electrons. The number of hydrogen-bond donors (Lipinski definition) is 0. The molecule has 0 N–H and O–H groups in total. The van der Waals surface area contributed by atoms with Gasteiger partial charge in [-0.1, -0.05) is 152 Å². The number of fused-ring (bicyclic) bond motifs is 5. The number of nitrogens with zero attached hydrogens (tertiary/aromatic N) is 2. The van der Waals surface area contributed by atoms with Gasteiger partial charge in [-0.25, -0.2) is 4.98 Å². The summed E-state index contributed by atoms with van der Waals surface area (Å²) in [6, 6.07) is 76.7. The van der Waals surface area contributed by atoms with Crippen molar-refractivity contribution in [2.45, 2.75) is 0 Å². The maximum Gasteiger partial charge on any atom is 0.227 e. The second-order valence-corrected chi connectivity index (χ2v) is 14.7. The van der Waals surface area contributed by atoms with E-state index in [1.807, 2.05) is 42.5 Å². The van der Waals surface area contributed by atoms with Crippen LogP contribution in [0.3, 0.4) is 0 Å². The molecule has 0 aliphatic carbocycles. The lowest BCUT2D eigenvalue weighted by Gasteiger charge is -2.28. The van der Waals surface area contributed by atoms with E-state index in [4.69, 9.17) is 13.8 Å². The molecule has 4 heteroatoms. The summed E-state index contributed by atoms with van der Waals surface area (Å²) in [5, 5.41) is 1.93. The quantitative estimate of drug-likeness (QED) is 0.155. The Labute approximate surface area is 341 Å². The van der Waals surface area contributed by atoms with Crippen molar-refractivity contribution in [3.05, 3.63) is 218 Å². The van der Waals surface area contributed by atoms with Gasteiger partial charge in [0.15, 0.2) is 5.58 Å². The molecule has 0 unspecified atom stereocenters. The molecular weight excluding hydrogens is 721 g/mol. The van der Waals surface area contributed by atoms with Crippen LogP contribution in [0, 0.1) is 0 Å². The van der Waals surface area contributed by atoms with Crippen molar-refractivity contribution in [1.29, 1.82) is 0 Å². The van der Waals surface area contributed by atoms with Crippen LogP contribution >= 0.6 is 0 Å². The van der Waals surface area contributed by atoms with Crippen LogP contribution in [0.2, 0.25) is 0 Å². The van der Waals surface area contributed by atoms with Crippen LogP contribution in [0.5, 0.6) is 0 Å². The highest BCUT2D eigenvalue weighted by molar-refractivity contribution is 6.17. The molecule has 11 aromatic rings. The number of oxazole rings is 1. The largest absolute Gasteiger partial charge is 0.456 e. The molecule has 0 saturated heterocycles. The Morgan fingerprint density at radius 3 is 1.46 bits per heavy atom. The molecule has 0 atom stereocenters. The summed E-state index contributed by atoms with van der Waals surface area (Å²) in [6.45, 7) is 0. The van der Waals surface area contributed by atoms with Crippen molar-refractivity contribution in [1.82, 2.24) is 4.98 Å². The van der Waals surface area contributed by atoms with E-state index in [9.17, 15) is 0 Å². The van der Waals surface area contributed by atoms with Crippen molar-refractivity contribution in [2.75, 3.05) is 4.90 Å². The monoisotopic (exact) mass is 756 g/mol. The fourth-order valence-electron chi connectivity index (χ4n) is 8.18. The van der Waals surface area contributed by atoms with E-state index in [2.05, 4.69) is 181 Å². The first-order chi connectivity index (χ1) is 29.2. The van der Waals surface area contributed by atoms with Crippen LogP contribution in [0.15, 0.2) is 227 Å². The number of furan rings is 1. The fourth-order valence-corrected chi connectivity index (χ4v) is 8.18. The van der Waals surface area contributed by atoms with Crippen molar-refractivity contribution in [3.63, 3.8) is 0 Å². The molecule has 2 heterocycles. The molecule has 278 valence electrons. The van der Waals surface area contributed by atoms with Gasteiger partial charge in [0.05, 0.1) is 11.1 Å². The normalized spacial score (nSPS) is 11.4. The van der Waals surface area contributed by atoms with Gasteiger partial charge >= 0.3 is 0 Å². The highest BCUT2D eigenvalue weighted by Gasteiger charge is 2.20. The minimum absolute atomic E-state index is 0.597. The molecule has 4 nitrogen and oxygen atoms in total. The molecule has 0 amide bonds. The van der Waals surface area contributed by atoms with E-state index in [-0.39, 0.29) is 0 Å². The number of benzene rings is 9. The maximum absolute atomic E-state index is 6.43. The van der Waals surface area contributed by atoms with Gasteiger partial charge in [-0.05, 0) is 106 Å². The molecule has 0 saturated carbocycles. The van der Waals surface area contributed by atoms with Crippen LogP contribution in [-0.2, 0) is 0 Å². The van der Waals surface area contributed by atoms with Gasteiger partial charge < -0.3 is 13.7 Å². The molecule has 9 aromatic carbocycles. The Kier molecular flexibility index (Phi) is 8.45. The minimum atomic E-state index is 0.597. The third-order valence-electron chi connectivity index (χ3n) is 11.1. The van der Waals surface area contributed by atoms with Gasteiger partial charge in [-0.15, -0.1) is 0 Å². The number of hydrogen-bond acceptors (Lipinski definition) is 4. The smallest absolute Gasteiger partial charge is 0.227 e. The van der Waals surface area contributed by atoms with E-state index in [0.29, 0.717) is 5.89 Å². The first kappa shape index (κ1) is 34.3. The van der Waals surface area contributed by atoms with Gasteiger partial charge in [0, 0.05) is 27.9 Å². The van der Waals surface area contributed by atoms with Crippen molar-refractivity contribution in [3.8, 4) is 56.0 Å². The van der Waals surface area contributed by atoms with Crippen LogP contribution in [0.1, 0.15) is 0 Å². The van der Waals surface area contributed by atoms with Gasteiger partial charge in [-0.3, -0.25) is 0 Å². The standard InChI is InChI=1S/C55H36N2O2/c1-4-12-37(13-5-1)39-20-22-42(23-21-39)47-18-10-11-19-50(47)57(45-29-24-40(25-30-45)38-14-6-2-7-15-38)46-31-26-41(27-32-46)44-28-34-51-48(36-44)53-52(58-51)35-33-49-54(53)59-55(56-49)43-16-8-3-9-17-43/h1-36H. The second-order valence-electron chi connectivity index (χ2n) is 14.7. The average Bonchev–Trinajstić information content (AvgIpc) is 3.92. The van der Waals surface area contributed by atoms with E-state index in [1.54, 1.807) is 0 Å². The van der Waals surface area contributed by atoms with E-state index < -0.39 is 0 Å². The van der Waals surface area contributed by atoms with Crippen molar-refractivity contribution < 1.29 is 8.83 Å². The highest BCUT2D eigenvalue weighted by atomic mass is 16.4. The zero-order chi connectivity index (χ0) is 39.1. The van der Waals surface area contributed by atoms with Crippen molar-refractivity contribution in [2.24, 2.45) is 0 Å². The first-order valence-electron chi connectivity index (χ1n) is 19.9. The molecule has 0 aliphatic rings. The molecule has 0 spiro atoms. The Morgan fingerprint density at radius 2 is 0.831 bits per heavy atom. The van der Waals surface area contributed by atoms with Crippen LogP contribution in [-0.4, -0.2) is 4.98 Å². The van der Waals surface area contributed by atoms with Gasteiger partial charge in [-0.2, -0.15) is 0 Å². The number of aromatic nitrogens is 1. The summed E-state index contributed by atoms with van der Waals surface area (Å²) in [5.74, 6) is 0.597. The number of anilines is 3. The predicted molar refractivity (Wildman–Crippen MR) is 243 cm³/mol. The van der Waals surface area contributed by atoms with Crippen molar-refractivity contribution >= 4 is 50.1 Å². The van der Waals surface area contributed by atoms with E-state index in [0.717, 1.165) is 77.9 Å². The topological polar surface area (TPSA) is 42.4 Å². The van der Waals surface area contributed by atoms with Crippen LogP contribution < -0.4 is 4.90 Å². The second kappa shape index (κ2) is 14.5. The Hall–Kier alpha value is -7.95. The predicted octanol–water partition coefficient (Wildman–Crippen LogP) is 15.5. The molecule has 0 fully saturated rings. The summed E-state index contributed by atoms with van der Waals surface area (Å²) in [6.07, 6.45) is 0. The minimum Gasteiger partial charge on any atom is -0.456 e. The zero-order valence-electron chi connectivity index (χ0n) is 32.0. The zero-order valence-corrected chi connectivity index (χ0v) is 32.0. The molecule has 0 aliphatic heterocycles. The molecule has 2 aromatic heterocycles. The summed E-state index contributed by atoms with van der Waals surface area (Å²) in [7, 11) is 0. The SMILES string of the molecule is c1ccc(-c2ccc(-c3ccccc3N(c3ccc(-c4ccccc4)cc3)c3ccc(-c4ccc5oc6ccc7nc(-c8ccccc8)oc7c6c5c4)cc3)cc2)cc1. The maximum atomic E-state index is 6.43. The van der Waals surface area contributed by atoms with Crippen LogP contribution in [0.4, 0.5) is 17.1 Å². The molecule has 0 bridgehead atoms. The summed E-state index contributed by atoms with van der Waals surface area (Å²) < 4.78 is 12.8. The van der Waals surface area contributed by atoms with Gasteiger partial charge in [0.25, 0.3) is 0 Å². The number of rotatable bonds is 8. The fraction of sp³-hybridized carbons (Fsp3) is 0. The summed E-state index contributed by atoms with van der Waals surface area (Å²) in [5.41, 5.74) is 16.5. The molecular formula is C55H36N2O2. The lowest BCUT2D eigenvalue weighted by Crippen LogP contribution is -2.11. The Balaban J connectivity index is 0.993. The van der Waals surface area contributed by atoms with E-state index >= 15 is 0 Å². The molecule has 59 heavy (non-hydrogen) atoms. The Morgan fingerprint density at radius 1 is 0.356 bits per heavy atom. The third kappa shape index (κ3) is 6.34. The number of para-hydroxylation sites is 1. The highest BCUT2D eigenvalue weighted by Crippen LogP contribution is 2.43. The van der Waals surface area contributed by atoms with E-state index in [1.165, 1.54) is 22.3 Å². The Bertz CT molecular complexity index is 3220. The van der Waals surface area contributed by atoms with Gasteiger partial charge in [0.2, 0.25) is 5.89 Å². The van der Waals surface area contributed by atoms with Gasteiger partial charge in [0.1, 0.15) is 16.7 Å². The van der Waals surface area contributed by atoms with Crippen LogP contribution in [0.25, 0.3) is 89.0 Å². The lowest BCUT2D eigenvalue weighted by molar-refractivity contribution is 0.622. The first-order valence-corrected chi connectivity index (χ1v) is 19.9. The third-order valence-corrected chi connectivity index (χ3v) is 11.1. The molecule has 11 rings (SSSR count). The lowest BCUT2D eigenvalue weighted by atomic mass is 9.98. The summed E-state index contributed by atoms with van der Waals surface area (Å²) in [4.78, 5) is 7.18. The summed E-state index contributed by atoms with van der Waals surface area (Å²) >= 11 is 0.